The molecule has 0 saturated heterocycles. The van der Waals surface area contributed by atoms with Gasteiger partial charge in [0.05, 0.1) is 22.0 Å². The van der Waals surface area contributed by atoms with Gasteiger partial charge in [-0.05, 0) is 73.6 Å². The number of aryl methyl sites for hydroxylation is 1. The van der Waals surface area contributed by atoms with E-state index in [0.717, 1.165) is 29.5 Å². The summed E-state index contributed by atoms with van der Waals surface area (Å²) in [5, 5.41) is 1.13. The van der Waals surface area contributed by atoms with Gasteiger partial charge in [-0.3, -0.25) is 5.01 Å². The van der Waals surface area contributed by atoms with Crippen LogP contribution in [0.1, 0.15) is 24.0 Å². The Kier molecular flexibility index (Phi) is 8.53. The fourth-order valence-corrected chi connectivity index (χ4v) is 5.04. The molecule has 228 valence electrons. The summed E-state index contributed by atoms with van der Waals surface area (Å²) in [5.41, 5.74) is 7.40. The second-order valence-electron chi connectivity index (χ2n) is 9.36. The van der Waals surface area contributed by atoms with Gasteiger partial charge < -0.3 is 15.0 Å². The van der Waals surface area contributed by atoms with E-state index in [-0.39, 0.29) is 22.1 Å². The van der Waals surface area contributed by atoms with Gasteiger partial charge in [-0.2, -0.15) is 8.78 Å². The zero-order valence-corrected chi connectivity index (χ0v) is 23.8. The molecule has 9 nitrogen and oxygen atoms in total. The van der Waals surface area contributed by atoms with Crippen LogP contribution in [0.5, 0.6) is 5.75 Å². The monoisotopic (exact) mass is 622 g/mol. The van der Waals surface area contributed by atoms with Crippen molar-refractivity contribution >= 4 is 21.4 Å². The van der Waals surface area contributed by atoms with Gasteiger partial charge in [-0.25, -0.2) is 24.0 Å². The highest BCUT2D eigenvalue weighted by atomic mass is 32.2. The Morgan fingerprint density at radius 1 is 1.02 bits per heavy atom. The summed E-state index contributed by atoms with van der Waals surface area (Å²) >= 11 is 0. The smallest absolute Gasteiger partial charge is 0.406 e. The number of hydrazine groups is 1. The zero-order valence-electron chi connectivity index (χ0n) is 23.0. The SMILES string of the molecule is CNS(=O)(=O)c1cccc(-c2ccc(-n3cc(C(C)(F)F)nc3C)c(N(N)/C(=C\N)c3ccc(OC(F)(F)F)cc3)c2)c1. The molecule has 0 unspecified atom stereocenters. The van der Waals surface area contributed by atoms with E-state index in [9.17, 15) is 30.4 Å². The first-order valence-corrected chi connectivity index (χ1v) is 14.0. The number of nitrogens with two attached hydrogens (primary N) is 2. The molecule has 1 aromatic heterocycles. The van der Waals surface area contributed by atoms with E-state index in [2.05, 4.69) is 14.4 Å². The fourth-order valence-electron chi connectivity index (χ4n) is 4.26. The second-order valence-corrected chi connectivity index (χ2v) is 11.3. The molecule has 4 aromatic rings. The van der Waals surface area contributed by atoms with Crippen LogP contribution in [-0.2, 0) is 15.9 Å². The highest BCUT2D eigenvalue weighted by Gasteiger charge is 2.31. The molecule has 0 fully saturated rings. The number of hydrogen-bond donors (Lipinski definition) is 3. The van der Waals surface area contributed by atoms with Crippen LogP contribution in [-0.4, -0.2) is 31.4 Å². The van der Waals surface area contributed by atoms with Crippen molar-refractivity contribution in [3.8, 4) is 22.6 Å². The van der Waals surface area contributed by atoms with Gasteiger partial charge in [-0.1, -0.05) is 18.2 Å². The summed E-state index contributed by atoms with van der Waals surface area (Å²) in [6.45, 7) is 2.24. The van der Waals surface area contributed by atoms with Crippen LogP contribution in [0, 0.1) is 6.92 Å². The lowest BCUT2D eigenvalue weighted by Crippen LogP contribution is -2.31. The summed E-state index contributed by atoms with van der Waals surface area (Å²) in [7, 11) is -2.48. The molecule has 0 aliphatic rings. The van der Waals surface area contributed by atoms with E-state index in [1.165, 1.54) is 42.8 Å². The Morgan fingerprint density at radius 2 is 1.67 bits per heavy atom. The van der Waals surface area contributed by atoms with Crippen molar-refractivity contribution in [3.63, 3.8) is 0 Å². The minimum atomic E-state index is -4.88. The summed E-state index contributed by atoms with van der Waals surface area (Å²) in [6.07, 6.45) is -2.59. The van der Waals surface area contributed by atoms with Gasteiger partial charge in [-0.15, -0.1) is 13.2 Å². The molecule has 0 aliphatic carbocycles. The number of ether oxygens (including phenoxy) is 1. The lowest BCUT2D eigenvalue weighted by atomic mass is 10.0. The molecule has 0 saturated carbocycles. The molecule has 15 heteroatoms. The largest absolute Gasteiger partial charge is 0.573 e. The number of nitrogens with one attached hydrogen (secondary N) is 1. The lowest BCUT2D eigenvalue weighted by molar-refractivity contribution is -0.274. The number of sulfonamides is 1. The molecular formula is C28H27F5N6O3S. The number of rotatable bonds is 9. The predicted molar refractivity (Wildman–Crippen MR) is 152 cm³/mol. The molecule has 4 rings (SSSR count). The van der Waals surface area contributed by atoms with Crippen molar-refractivity contribution in [1.29, 1.82) is 0 Å². The molecule has 0 aliphatic heterocycles. The summed E-state index contributed by atoms with van der Waals surface area (Å²) in [6, 6.07) is 15.7. The van der Waals surface area contributed by atoms with Crippen molar-refractivity contribution in [2.24, 2.45) is 11.6 Å². The number of hydrogen-bond acceptors (Lipinski definition) is 7. The number of anilines is 1. The third-order valence-corrected chi connectivity index (χ3v) is 7.79. The van der Waals surface area contributed by atoms with Gasteiger partial charge in [0, 0.05) is 24.9 Å². The second kappa shape index (κ2) is 11.7. The first-order chi connectivity index (χ1) is 20.0. The maximum Gasteiger partial charge on any atom is 0.573 e. The Morgan fingerprint density at radius 3 is 2.23 bits per heavy atom. The molecule has 5 N–H and O–H groups in total. The van der Waals surface area contributed by atoms with Gasteiger partial charge >= 0.3 is 6.36 Å². The van der Waals surface area contributed by atoms with E-state index in [0.29, 0.717) is 29.3 Å². The topological polar surface area (TPSA) is 128 Å². The van der Waals surface area contributed by atoms with Crippen molar-refractivity contribution in [2.75, 3.05) is 12.1 Å². The summed E-state index contributed by atoms with van der Waals surface area (Å²) in [4.78, 5) is 3.99. The van der Waals surface area contributed by atoms with Gasteiger partial charge in [0.25, 0.3) is 5.92 Å². The Hall–Kier alpha value is -4.47. The Labute approximate surface area is 244 Å². The van der Waals surface area contributed by atoms with Crippen LogP contribution in [0.4, 0.5) is 27.6 Å². The third kappa shape index (κ3) is 6.96. The van der Waals surface area contributed by atoms with Gasteiger partial charge in [0.15, 0.2) is 0 Å². The van der Waals surface area contributed by atoms with Crippen molar-refractivity contribution in [2.45, 2.75) is 31.0 Å². The highest BCUT2D eigenvalue weighted by molar-refractivity contribution is 7.89. The number of aromatic nitrogens is 2. The zero-order chi connectivity index (χ0) is 31.7. The van der Waals surface area contributed by atoms with E-state index in [1.807, 2.05) is 0 Å². The average molecular weight is 623 g/mol. The fraction of sp³-hybridized carbons (Fsp3) is 0.179. The molecule has 3 aromatic carbocycles. The van der Waals surface area contributed by atoms with Crippen molar-refractivity contribution < 1.29 is 35.1 Å². The van der Waals surface area contributed by atoms with E-state index >= 15 is 0 Å². The predicted octanol–water partition coefficient (Wildman–Crippen LogP) is 5.40. The number of imidazole rings is 1. The number of nitrogens with zero attached hydrogens (tertiary/aromatic N) is 3. The van der Waals surface area contributed by atoms with Crippen LogP contribution in [0.2, 0.25) is 0 Å². The standard InChI is InChI=1S/C28H27F5N6O3S/c1-17-37-26(27(2,29)30)16-38(17)23-12-9-20(19-5-4-6-22(13-19)43(40,41)36-3)14-24(23)39(35)25(15-34)18-7-10-21(11-8-18)42-28(31,32)33/h4-16,36H,34-35H2,1-3H3/b25-15-. The molecule has 43 heavy (non-hydrogen) atoms. The maximum absolute atomic E-state index is 14.1. The van der Waals surface area contributed by atoms with E-state index < -0.39 is 33.8 Å². The van der Waals surface area contributed by atoms with Crippen LogP contribution in [0.25, 0.3) is 22.5 Å². The summed E-state index contributed by atoms with van der Waals surface area (Å²) in [5.74, 6) is 3.08. The Bertz CT molecular complexity index is 1760. The van der Waals surface area contributed by atoms with E-state index in [4.69, 9.17) is 11.6 Å². The average Bonchev–Trinajstić information content (AvgIpc) is 3.35. The van der Waals surface area contributed by atoms with Crippen LogP contribution >= 0.6 is 0 Å². The van der Waals surface area contributed by atoms with Gasteiger partial charge in [0.2, 0.25) is 10.0 Å². The maximum atomic E-state index is 14.1. The van der Waals surface area contributed by atoms with Crippen LogP contribution < -0.4 is 26.0 Å². The first kappa shape index (κ1) is 31.5. The minimum Gasteiger partial charge on any atom is -0.406 e. The van der Waals surface area contributed by atoms with Crippen molar-refractivity contribution in [3.05, 3.63) is 96.2 Å². The highest BCUT2D eigenvalue weighted by Crippen LogP contribution is 2.36. The van der Waals surface area contributed by atoms with Crippen LogP contribution in [0.3, 0.4) is 0 Å². The molecule has 0 atom stereocenters. The Balaban J connectivity index is 1.87. The molecule has 0 amide bonds. The number of halogens is 5. The lowest BCUT2D eigenvalue weighted by Gasteiger charge is -2.26. The van der Waals surface area contributed by atoms with E-state index in [1.54, 1.807) is 30.3 Å². The van der Waals surface area contributed by atoms with Crippen molar-refractivity contribution in [1.82, 2.24) is 14.3 Å². The normalized spacial score (nSPS) is 12.8. The molecule has 1 heterocycles. The molecule has 0 spiro atoms. The number of alkyl halides is 5. The number of benzene rings is 3. The minimum absolute atomic E-state index is 0.00622. The quantitative estimate of drug-likeness (QED) is 0.130. The van der Waals surface area contributed by atoms with Crippen LogP contribution in [0.15, 0.2) is 84.0 Å². The third-order valence-electron chi connectivity index (χ3n) is 6.37. The first-order valence-electron chi connectivity index (χ1n) is 12.5. The molecular weight excluding hydrogens is 595 g/mol. The van der Waals surface area contributed by atoms with Gasteiger partial charge in [0.1, 0.15) is 17.3 Å². The molecule has 0 bridgehead atoms. The summed E-state index contributed by atoms with van der Waals surface area (Å²) < 4.78 is 98.6. The molecule has 0 radical (unpaired) electrons.